The van der Waals surface area contributed by atoms with Crippen molar-refractivity contribution in [3.05, 3.63) is 94.8 Å². The molecule has 3 fully saturated rings. The van der Waals surface area contributed by atoms with Crippen LogP contribution in [0.25, 0.3) is 11.1 Å². The second kappa shape index (κ2) is 10.8. The lowest BCUT2D eigenvalue weighted by Crippen LogP contribution is -2.45. The molecule has 2 atom stereocenters. The van der Waals surface area contributed by atoms with Gasteiger partial charge in [-0.15, -0.1) is 0 Å². The van der Waals surface area contributed by atoms with Gasteiger partial charge in [-0.1, -0.05) is 48.9 Å². The first kappa shape index (κ1) is 24.9. The van der Waals surface area contributed by atoms with Gasteiger partial charge in [-0.2, -0.15) is 5.43 Å². The van der Waals surface area contributed by atoms with E-state index in [0.717, 1.165) is 60.2 Å². The maximum atomic E-state index is 15.5. The lowest BCUT2D eigenvalue weighted by molar-refractivity contribution is -0.0472. The molecule has 202 valence electrons. The molecule has 2 saturated heterocycles. The second-order valence-corrected chi connectivity index (χ2v) is 10.8. The summed E-state index contributed by atoms with van der Waals surface area (Å²) in [5, 5.41) is 1.88. The number of benzene rings is 2. The molecule has 1 aromatic heterocycles. The lowest BCUT2D eigenvalue weighted by Gasteiger charge is -2.33. The summed E-state index contributed by atoms with van der Waals surface area (Å²) in [5.41, 5.74) is 10.9. The topological polar surface area (TPSA) is 55.9 Å². The Morgan fingerprint density at radius 2 is 1.64 bits per heavy atom. The third-order valence-corrected chi connectivity index (χ3v) is 8.35. The molecule has 0 bridgehead atoms. The summed E-state index contributed by atoms with van der Waals surface area (Å²) in [6.07, 6.45) is 6.61. The van der Waals surface area contributed by atoms with Crippen LogP contribution in [0.1, 0.15) is 79.1 Å². The quantitative estimate of drug-likeness (QED) is 0.284. The maximum Gasteiger partial charge on any atom is 0.201 e. The Bertz CT molecular complexity index is 1330. The first-order chi connectivity index (χ1) is 19.3. The highest BCUT2D eigenvalue weighted by Gasteiger charge is 2.35. The van der Waals surface area contributed by atoms with E-state index >= 15 is 4.39 Å². The Balaban J connectivity index is 1.34. The summed E-state index contributed by atoms with van der Waals surface area (Å²) < 4.78 is 32.8. The number of aromatic nitrogens is 1. The minimum Gasteiger partial charge on any atom is -0.357 e. The molecular formula is C32H34FN3O3. The molecule has 4 heterocycles. The fraction of sp³-hybridized carbons (Fsp3) is 0.406. The van der Waals surface area contributed by atoms with Gasteiger partial charge in [0.15, 0.2) is 6.30 Å². The highest BCUT2D eigenvalue weighted by molar-refractivity contribution is 5.99. The van der Waals surface area contributed by atoms with Gasteiger partial charge in [0.1, 0.15) is 6.23 Å². The number of hydrazine groups is 1. The molecule has 6 nitrogen and oxygen atoms in total. The highest BCUT2D eigenvalue weighted by atomic mass is 19.1. The summed E-state index contributed by atoms with van der Waals surface area (Å²) in [6, 6.07) is 20.9. The molecule has 1 saturated carbocycles. The van der Waals surface area contributed by atoms with Crippen LogP contribution >= 0.6 is 0 Å². The van der Waals surface area contributed by atoms with Crippen molar-refractivity contribution in [2.45, 2.75) is 57.3 Å². The van der Waals surface area contributed by atoms with Crippen molar-refractivity contribution in [3.8, 4) is 0 Å². The Morgan fingerprint density at radius 3 is 2.33 bits per heavy atom. The molecule has 39 heavy (non-hydrogen) atoms. The summed E-state index contributed by atoms with van der Waals surface area (Å²) in [7, 11) is 0. The Hall–Kier alpha value is -3.10. The Morgan fingerprint density at radius 1 is 0.821 bits per heavy atom. The van der Waals surface area contributed by atoms with Crippen LogP contribution in [-0.4, -0.2) is 31.0 Å². The van der Waals surface area contributed by atoms with E-state index in [4.69, 9.17) is 19.2 Å². The van der Waals surface area contributed by atoms with Crippen LogP contribution in [0.5, 0.6) is 0 Å². The number of anilines is 1. The lowest BCUT2D eigenvalue weighted by atomic mass is 9.73. The third kappa shape index (κ3) is 4.78. The normalized spacial score (nSPS) is 24.4. The van der Waals surface area contributed by atoms with E-state index in [-0.39, 0.29) is 6.23 Å². The molecule has 1 N–H and O–H groups in total. The average molecular weight is 528 g/mol. The van der Waals surface area contributed by atoms with Crippen LogP contribution in [0.3, 0.4) is 0 Å². The van der Waals surface area contributed by atoms with Crippen LogP contribution in [-0.2, 0) is 14.2 Å². The standard InChI is InChI=1S/C32H34FN3O3/c33-31-25-19-23(13-15-27(25)36(35-31)28-11-4-5-16-37-28)30(24-12-14-26(34-20-24)32-38-17-18-39-32)29(22-9-6-10-22)21-7-2-1-3-8-21/h1-3,7-8,12-15,19-20,22,28,31-32,35H,4-6,9-11,16-18H2/b30-29+. The zero-order chi connectivity index (χ0) is 26.2. The molecular weight excluding hydrogens is 493 g/mol. The van der Waals surface area contributed by atoms with Crippen molar-refractivity contribution in [2.75, 3.05) is 24.8 Å². The van der Waals surface area contributed by atoms with Gasteiger partial charge < -0.3 is 14.2 Å². The minimum absolute atomic E-state index is 0.147. The third-order valence-electron chi connectivity index (χ3n) is 8.35. The monoisotopic (exact) mass is 527 g/mol. The molecule has 3 aliphatic heterocycles. The van der Waals surface area contributed by atoms with Gasteiger partial charge in [-0.25, -0.2) is 4.39 Å². The Kier molecular flexibility index (Phi) is 6.91. The predicted octanol–water partition coefficient (Wildman–Crippen LogP) is 6.71. The number of rotatable bonds is 6. The van der Waals surface area contributed by atoms with E-state index in [1.165, 1.54) is 17.6 Å². The number of nitrogens with one attached hydrogen (secondary N) is 1. The molecule has 2 aromatic carbocycles. The average Bonchev–Trinajstić information content (AvgIpc) is 3.62. The van der Waals surface area contributed by atoms with Gasteiger partial charge in [0.25, 0.3) is 0 Å². The second-order valence-electron chi connectivity index (χ2n) is 10.8. The summed E-state index contributed by atoms with van der Waals surface area (Å²) in [6.45, 7) is 1.87. The first-order valence-corrected chi connectivity index (χ1v) is 14.2. The predicted molar refractivity (Wildman–Crippen MR) is 148 cm³/mol. The van der Waals surface area contributed by atoms with E-state index in [0.29, 0.717) is 31.3 Å². The summed E-state index contributed by atoms with van der Waals surface area (Å²) in [5.74, 6) is 0.447. The van der Waals surface area contributed by atoms with Crippen molar-refractivity contribution in [1.29, 1.82) is 0 Å². The SMILES string of the molecule is FC1NN(C2CCCCO2)c2ccc(/C(=C(/c3ccccc3)C3CCC3)c3ccc(C4OCCO4)nc3)cc21. The number of allylic oxidation sites excluding steroid dienone is 1. The molecule has 0 spiro atoms. The van der Waals surface area contributed by atoms with Gasteiger partial charge in [-0.3, -0.25) is 9.99 Å². The number of ether oxygens (including phenoxy) is 3. The van der Waals surface area contributed by atoms with Gasteiger partial charge in [-0.05, 0) is 78.5 Å². The molecule has 3 aromatic rings. The minimum atomic E-state index is -1.28. The molecule has 7 rings (SSSR count). The molecule has 7 heteroatoms. The van der Waals surface area contributed by atoms with Gasteiger partial charge in [0.05, 0.1) is 24.6 Å². The van der Waals surface area contributed by atoms with Gasteiger partial charge in [0, 0.05) is 23.9 Å². The van der Waals surface area contributed by atoms with E-state index in [1.807, 2.05) is 29.4 Å². The van der Waals surface area contributed by atoms with Crippen LogP contribution < -0.4 is 10.4 Å². The van der Waals surface area contributed by atoms with Crippen LogP contribution in [0.15, 0.2) is 66.9 Å². The highest BCUT2D eigenvalue weighted by Crippen LogP contribution is 2.46. The largest absolute Gasteiger partial charge is 0.357 e. The van der Waals surface area contributed by atoms with Gasteiger partial charge >= 0.3 is 0 Å². The number of nitrogens with zero attached hydrogens (tertiary/aromatic N) is 2. The van der Waals surface area contributed by atoms with Crippen molar-refractivity contribution in [3.63, 3.8) is 0 Å². The zero-order valence-corrected chi connectivity index (χ0v) is 22.0. The van der Waals surface area contributed by atoms with Crippen LogP contribution in [0, 0.1) is 5.92 Å². The molecule has 0 amide bonds. The number of pyridine rings is 1. The maximum absolute atomic E-state index is 15.5. The van der Waals surface area contributed by atoms with Gasteiger partial charge in [0.2, 0.25) is 6.29 Å². The number of halogens is 1. The number of alkyl halides is 1. The molecule has 1 aliphatic carbocycles. The first-order valence-electron chi connectivity index (χ1n) is 14.2. The van der Waals surface area contributed by atoms with E-state index in [2.05, 4.69) is 47.9 Å². The molecule has 0 radical (unpaired) electrons. The smallest absolute Gasteiger partial charge is 0.201 e. The molecule has 4 aliphatic rings. The van der Waals surface area contributed by atoms with E-state index in [9.17, 15) is 0 Å². The fourth-order valence-electron chi connectivity index (χ4n) is 6.16. The van der Waals surface area contributed by atoms with E-state index in [1.54, 1.807) is 0 Å². The number of hydrogen-bond donors (Lipinski definition) is 1. The van der Waals surface area contributed by atoms with Crippen molar-refractivity contribution in [1.82, 2.24) is 10.4 Å². The zero-order valence-electron chi connectivity index (χ0n) is 22.0. The van der Waals surface area contributed by atoms with Crippen molar-refractivity contribution < 1.29 is 18.6 Å². The summed E-state index contributed by atoms with van der Waals surface area (Å²) >= 11 is 0. The number of fused-ring (bicyclic) bond motifs is 1. The van der Waals surface area contributed by atoms with Crippen LogP contribution in [0.4, 0.5) is 10.1 Å². The Labute approximate surface area is 228 Å². The van der Waals surface area contributed by atoms with Crippen molar-refractivity contribution in [2.24, 2.45) is 5.92 Å². The summed E-state index contributed by atoms with van der Waals surface area (Å²) in [4.78, 5) is 4.75. The number of hydrogen-bond acceptors (Lipinski definition) is 6. The van der Waals surface area contributed by atoms with E-state index < -0.39 is 12.6 Å². The van der Waals surface area contributed by atoms with Crippen molar-refractivity contribution >= 4 is 16.8 Å². The van der Waals surface area contributed by atoms with Crippen LogP contribution in [0.2, 0.25) is 0 Å². The fourth-order valence-corrected chi connectivity index (χ4v) is 6.16. The molecule has 2 unspecified atom stereocenters.